The van der Waals surface area contributed by atoms with Crippen molar-refractivity contribution in [3.05, 3.63) is 52.2 Å². The van der Waals surface area contributed by atoms with Crippen LogP contribution in [0.3, 0.4) is 0 Å². The summed E-state index contributed by atoms with van der Waals surface area (Å²) in [4.78, 5) is 5.73. The topological polar surface area (TPSA) is 50.4 Å². The van der Waals surface area contributed by atoms with Gasteiger partial charge in [-0.2, -0.15) is 0 Å². The summed E-state index contributed by atoms with van der Waals surface area (Å²) in [6, 6.07) is 12.3. The molecule has 0 aliphatic rings. The SMILES string of the molecule is Cc1ccc(NC(N)=NCC(C)c2cccs2)cc1.I. The van der Waals surface area contributed by atoms with E-state index in [4.69, 9.17) is 5.73 Å². The Balaban J connectivity index is 0.00000200. The molecule has 0 aliphatic carbocycles. The van der Waals surface area contributed by atoms with E-state index in [1.807, 2.05) is 24.3 Å². The largest absolute Gasteiger partial charge is 0.370 e. The van der Waals surface area contributed by atoms with Crippen molar-refractivity contribution in [3.8, 4) is 0 Å². The van der Waals surface area contributed by atoms with Crippen molar-refractivity contribution >= 4 is 47.0 Å². The molecule has 3 N–H and O–H groups in total. The molecular weight excluding hydrogens is 381 g/mol. The van der Waals surface area contributed by atoms with Gasteiger partial charge < -0.3 is 11.1 Å². The first-order valence-corrected chi connectivity index (χ1v) is 7.20. The van der Waals surface area contributed by atoms with Crippen LogP contribution in [0.4, 0.5) is 5.69 Å². The van der Waals surface area contributed by atoms with Gasteiger partial charge in [-0.25, -0.2) is 0 Å². The second-order valence-electron chi connectivity index (χ2n) is 4.63. The highest BCUT2D eigenvalue weighted by Crippen LogP contribution is 2.20. The molecule has 1 atom stereocenters. The van der Waals surface area contributed by atoms with Gasteiger partial charge in [-0.3, -0.25) is 4.99 Å². The zero-order valence-electron chi connectivity index (χ0n) is 11.7. The van der Waals surface area contributed by atoms with E-state index in [0.29, 0.717) is 18.4 Å². The predicted molar refractivity (Wildman–Crippen MR) is 99.4 cm³/mol. The number of benzene rings is 1. The van der Waals surface area contributed by atoms with Gasteiger partial charge >= 0.3 is 0 Å². The lowest BCUT2D eigenvalue weighted by atomic mass is 10.1. The number of nitrogens with one attached hydrogen (secondary N) is 1. The van der Waals surface area contributed by atoms with Gasteiger partial charge in [0.05, 0.1) is 6.54 Å². The van der Waals surface area contributed by atoms with E-state index in [0.717, 1.165) is 5.69 Å². The van der Waals surface area contributed by atoms with Gasteiger partial charge in [0.15, 0.2) is 5.96 Å². The van der Waals surface area contributed by atoms with Crippen LogP contribution in [-0.2, 0) is 0 Å². The number of rotatable bonds is 4. The molecule has 2 aromatic rings. The molecule has 0 amide bonds. The van der Waals surface area contributed by atoms with E-state index in [9.17, 15) is 0 Å². The number of hydrogen-bond acceptors (Lipinski definition) is 2. The lowest BCUT2D eigenvalue weighted by Gasteiger charge is -2.08. The van der Waals surface area contributed by atoms with E-state index in [1.165, 1.54) is 10.4 Å². The second kappa shape index (κ2) is 8.26. The van der Waals surface area contributed by atoms with E-state index >= 15 is 0 Å². The number of nitrogens with zero attached hydrogens (tertiary/aromatic N) is 1. The Bertz CT molecular complexity index is 535. The number of hydrogen-bond donors (Lipinski definition) is 2. The van der Waals surface area contributed by atoms with Gasteiger partial charge in [-0.05, 0) is 30.5 Å². The molecule has 0 radical (unpaired) electrons. The van der Waals surface area contributed by atoms with Crippen LogP contribution < -0.4 is 11.1 Å². The van der Waals surface area contributed by atoms with Gasteiger partial charge in [0.1, 0.15) is 0 Å². The van der Waals surface area contributed by atoms with Crippen LogP contribution in [0, 0.1) is 6.92 Å². The first-order valence-electron chi connectivity index (χ1n) is 6.32. The minimum atomic E-state index is 0. The fourth-order valence-corrected chi connectivity index (χ4v) is 2.50. The minimum Gasteiger partial charge on any atom is -0.370 e. The van der Waals surface area contributed by atoms with Crippen molar-refractivity contribution in [1.82, 2.24) is 0 Å². The Morgan fingerprint density at radius 3 is 2.60 bits per heavy atom. The monoisotopic (exact) mass is 401 g/mol. The third-order valence-corrected chi connectivity index (χ3v) is 3.99. The van der Waals surface area contributed by atoms with Crippen LogP contribution in [0.15, 0.2) is 46.8 Å². The summed E-state index contributed by atoms with van der Waals surface area (Å²) in [5, 5.41) is 5.19. The van der Waals surface area contributed by atoms with Gasteiger partial charge in [0, 0.05) is 16.5 Å². The molecule has 1 heterocycles. The standard InChI is InChI=1S/C15H19N3S.HI/c1-11-5-7-13(8-6-11)18-15(16)17-10-12(2)14-4-3-9-19-14;/h3-9,12H,10H2,1-2H3,(H3,16,17,18);1H. The van der Waals surface area contributed by atoms with Crippen molar-refractivity contribution in [3.63, 3.8) is 0 Å². The molecule has 0 saturated carbocycles. The molecule has 0 bridgehead atoms. The Kier molecular flexibility index (Phi) is 7.01. The molecule has 0 saturated heterocycles. The Morgan fingerprint density at radius 2 is 2.00 bits per heavy atom. The molecule has 0 spiro atoms. The molecule has 3 nitrogen and oxygen atoms in total. The first kappa shape index (κ1) is 17.0. The van der Waals surface area contributed by atoms with E-state index in [-0.39, 0.29) is 24.0 Å². The average molecular weight is 401 g/mol. The fraction of sp³-hybridized carbons (Fsp3) is 0.267. The highest BCUT2D eigenvalue weighted by atomic mass is 127. The summed E-state index contributed by atoms with van der Waals surface area (Å²) in [6.07, 6.45) is 0. The minimum absolute atomic E-state index is 0. The molecular formula is C15H20IN3S. The summed E-state index contributed by atoms with van der Waals surface area (Å²) >= 11 is 1.76. The van der Waals surface area contributed by atoms with Crippen LogP contribution >= 0.6 is 35.3 Å². The number of halogens is 1. The van der Waals surface area contributed by atoms with Crippen molar-refractivity contribution in [2.75, 3.05) is 11.9 Å². The molecule has 5 heteroatoms. The third-order valence-electron chi connectivity index (χ3n) is 2.89. The molecule has 0 aliphatic heterocycles. The normalized spacial score (nSPS) is 12.6. The highest BCUT2D eigenvalue weighted by molar-refractivity contribution is 14.0. The predicted octanol–water partition coefficient (Wildman–Crippen LogP) is 4.20. The number of nitrogens with two attached hydrogens (primary N) is 1. The number of anilines is 1. The maximum atomic E-state index is 5.89. The van der Waals surface area contributed by atoms with Crippen molar-refractivity contribution < 1.29 is 0 Å². The van der Waals surface area contributed by atoms with E-state index < -0.39 is 0 Å². The van der Waals surface area contributed by atoms with E-state index in [2.05, 4.69) is 41.7 Å². The summed E-state index contributed by atoms with van der Waals surface area (Å²) < 4.78 is 0. The van der Waals surface area contributed by atoms with Crippen LogP contribution in [0.2, 0.25) is 0 Å². The summed E-state index contributed by atoms with van der Waals surface area (Å²) in [7, 11) is 0. The molecule has 1 aromatic heterocycles. The van der Waals surface area contributed by atoms with Crippen LogP contribution in [-0.4, -0.2) is 12.5 Å². The maximum absolute atomic E-state index is 5.89. The van der Waals surface area contributed by atoms with Crippen molar-refractivity contribution in [2.24, 2.45) is 10.7 Å². The first-order chi connectivity index (χ1) is 9.15. The third kappa shape index (κ3) is 5.13. The van der Waals surface area contributed by atoms with Gasteiger partial charge in [-0.15, -0.1) is 35.3 Å². The number of thiophene rings is 1. The lowest BCUT2D eigenvalue weighted by Crippen LogP contribution is -2.23. The number of guanidine groups is 1. The van der Waals surface area contributed by atoms with Crippen molar-refractivity contribution in [2.45, 2.75) is 19.8 Å². The molecule has 108 valence electrons. The van der Waals surface area contributed by atoms with Gasteiger partial charge in [0.2, 0.25) is 0 Å². The van der Waals surface area contributed by atoms with E-state index in [1.54, 1.807) is 11.3 Å². The Hall–Kier alpha value is -1.08. The molecule has 1 aromatic carbocycles. The highest BCUT2D eigenvalue weighted by Gasteiger charge is 2.05. The zero-order valence-corrected chi connectivity index (χ0v) is 14.8. The summed E-state index contributed by atoms with van der Waals surface area (Å²) in [5.41, 5.74) is 8.08. The average Bonchev–Trinajstić information content (AvgIpc) is 2.93. The zero-order chi connectivity index (χ0) is 13.7. The van der Waals surface area contributed by atoms with Crippen LogP contribution in [0.5, 0.6) is 0 Å². The van der Waals surface area contributed by atoms with Gasteiger partial charge in [-0.1, -0.05) is 30.7 Å². The van der Waals surface area contributed by atoms with Crippen molar-refractivity contribution in [1.29, 1.82) is 0 Å². The van der Waals surface area contributed by atoms with Gasteiger partial charge in [0.25, 0.3) is 0 Å². The fourth-order valence-electron chi connectivity index (χ4n) is 1.72. The number of aliphatic imine (C=N–C) groups is 1. The molecule has 20 heavy (non-hydrogen) atoms. The quantitative estimate of drug-likeness (QED) is 0.458. The summed E-state index contributed by atoms with van der Waals surface area (Å²) in [6.45, 7) is 4.92. The maximum Gasteiger partial charge on any atom is 0.193 e. The van der Waals surface area contributed by atoms with Crippen LogP contribution in [0.1, 0.15) is 23.3 Å². The summed E-state index contributed by atoms with van der Waals surface area (Å²) in [5.74, 6) is 0.866. The number of aryl methyl sites for hydroxylation is 1. The molecule has 2 rings (SSSR count). The Labute approximate surface area is 141 Å². The molecule has 1 unspecified atom stereocenters. The smallest absolute Gasteiger partial charge is 0.193 e. The van der Waals surface area contributed by atoms with Crippen LogP contribution in [0.25, 0.3) is 0 Å². The lowest BCUT2D eigenvalue weighted by molar-refractivity contribution is 0.790. The molecule has 0 fully saturated rings. The second-order valence-corrected chi connectivity index (χ2v) is 5.61. The Morgan fingerprint density at radius 1 is 1.30 bits per heavy atom.